The first-order valence-electron chi connectivity index (χ1n) is 13.2. The van der Waals surface area contributed by atoms with Crippen molar-refractivity contribution in [1.82, 2.24) is 25.8 Å². The van der Waals surface area contributed by atoms with Gasteiger partial charge in [-0.2, -0.15) is 0 Å². The van der Waals surface area contributed by atoms with E-state index in [2.05, 4.69) is 16.0 Å². The molecule has 0 aliphatic rings. The molecular weight excluding hydrogens is 508 g/mol. The molecule has 2 aromatic rings. The zero-order chi connectivity index (χ0) is 30.0. The Balaban J connectivity index is 2.18. The van der Waals surface area contributed by atoms with Crippen LogP contribution in [0.1, 0.15) is 29.2 Å². The van der Waals surface area contributed by atoms with Gasteiger partial charge in [0, 0.05) is 41.2 Å². The molecule has 0 aliphatic carbocycles. The molecular formula is C29H44N8O3. The Bertz CT molecular complexity index is 1160. The lowest BCUT2D eigenvalue weighted by molar-refractivity contribution is -0.129. The molecule has 0 radical (unpaired) electrons. The number of hydrogen-bond donors (Lipinski definition) is 6. The summed E-state index contributed by atoms with van der Waals surface area (Å²) in [6, 6.07) is 11.1. The number of carbonyl (C=O) groups excluding carboxylic acids is 2. The molecule has 2 rings (SSSR count). The number of phenolic OH excluding ortho intramolecular Hbond substituents is 1. The Morgan fingerprint density at radius 1 is 0.975 bits per heavy atom. The second-order valence-electron chi connectivity index (χ2n) is 10.4. The fourth-order valence-corrected chi connectivity index (χ4v) is 4.50. The van der Waals surface area contributed by atoms with Crippen LogP contribution in [0.5, 0.6) is 5.75 Å². The third-order valence-electron chi connectivity index (χ3n) is 6.41. The number of guanidine groups is 2. The number of hydrogen-bond acceptors (Lipinski definition) is 5. The zero-order valence-corrected chi connectivity index (χ0v) is 24.6. The molecule has 218 valence electrons. The van der Waals surface area contributed by atoms with E-state index in [1.165, 1.54) is 0 Å². The van der Waals surface area contributed by atoms with E-state index in [0.717, 1.165) is 22.3 Å². The lowest BCUT2D eigenvalue weighted by Gasteiger charge is -2.26. The first-order valence-corrected chi connectivity index (χ1v) is 13.2. The number of nitrogens with one attached hydrogen (secondary N) is 4. The third-order valence-corrected chi connectivity index (χ3v) is 6.41. The summed E-state index contributed by atoms with van der Waals surface area (Å²) in [5.41, 5.74) is 9.22. The highest BCUT2D eigenvalue weighted by Gasteiger charge is 2.26. The average molecular weight is 553 g/mol. The Hall–Kier alpha value is -4.28. The van der Waals surface area contributed by atoms with Crippen LogP contribution in [0.2, 0.25) is 0 Å². The Morgan fingerprint density at radius 2 is 1.55 bits per heavy atom. The molecule has 40 heavy (non-hydrogen) atoms. The van der Waals surface area contributed by atoms with Gasteiger partial charge in [-0.3, -0.25) is 15.0 Å². The first-order chi connectivity index (χ1) is 18.8. The van der Waals surface area contributed by atoms with Crippen LogP contribution >= 0.6 is 0 Å². The Morgan fingerprint density at radius 3 is 2.08 bits per heavy atom. The fraction of sp³-hybridized carbons (Fsp3) is 0.448. The van der Waals surface area contributed by atoms with E-state index in [1.54, 1.807) is 19.1 Å². The fourth-order valence-electron chi connectivity index (χ4n) is 4.50. The van der Waals surface area contributed by atoms with Crippen molar-refractivity contribution in [2.24, 2.45) is 10.7 Å². The van der Waals surface area contributed by atoms with Gasteiger partial charge in [0.15, 0.2) is 11.9 Å². The number of amides is 2. The minimum Gasteiger partial charge on any atom is -0.508 e. The maximum atomic E-state index is 13.5. The summed E-state index contributed by atoms with van der Waals surface area (Å²) in [5, 5.41) is 26.1. The highest BCUT2D eigenvalue weighted by atomic mass is 16.3. The summed E-state index contributed by atoms with van der Waals surface area (Å²) >= 11 is 0. The van der Waals surface area contributed by atoms with Gasteiger partial charge >= 0.3 is 0 Å². The number of benzene rings is 2. The second kappa shape index (κ2) is 14.8. The van der Waals surface area contributed by atoms with Crippen molar-refractivity contribution < 1.29 is 14.7 Å². The standard InChI is InChI=1S/C29H44N8O3/c1-18-13-23(38)14-19(2)24(18)16-25(35-29(36(4)5)37(6)7)27(40)33-20(3)26(39)32-17-22(34-28(30)31)15-21-11-9-8-10-12-21/h8-14,20,22,25,38H,15-17H2,1-7H3,(H,32,39)(H,33,40)(H4,30,31,34)/t20-,22+,25+/m1/s1. The highest BCUT2D eigenvalue weighted by molar-refractivity contribution is 5.91. The molecule has 11 nitrogen and oxygen atoms in total. The van der Waals surface area contributed by atoms with Crippen LogP contribution < -0.4 is 21.7 Å². The van der Waals surface area contributed by atoms with E-state index in [-0.39, 0.29) is 30.2 Å². The molecule has 3 atom stereocenters. The number of carbonyl (C=O) groups is 2. The van der Waals surface area contributed by atoms with Crippen LogP contribution in [0.4, 0.5) is 0 Å². The molecule has 11 heteroatoms. The first kappa shape index (κ1) is 31.9. The van der Waals surface area contributed by atoms with E-state index in [1.807, 2.05) is 82.2 Å². The summed E-state index contributed by atoms with van der Waals surface area (Å²) < 4.78 is 0. The van der Waals surface area contributed by atoms with Crippen molar-refractivity contribution in [3.8, 4) is 5.75 Å². The predicted octanol–water partition coefficient (Wildman–Crippen LogP) is 1.11. The predicted molar refractivity (Wildman–Crippen MR) is 159 cm³/mol. The molecule has 2 amide bonds. The molecule has 2 aromatic carbocycles. The molecule has 0 heterocycles. The number of rotatable bonds is 11. The van der Waals surface area contributed by atoms with E-state index in [0.29, 0.717) is 18.8 Å². The topological polar surface area (TPSA) is 159 Å². The van der Waals surface area contributed by atoms with Crippen molar-refractivity contribution in [1.29, 1.82) is 5.41 Å². The SMILES string of the molecule is Cc1cc(O)cc(C)c1C[C@H](N=C(N(C)C)N(C)C)C(=O)N[C@H](C)C(=O)NC[C@H](Cc1ccccc1)NC(=N)N. The van der Waals surface area contributed by atoms with Crippen molar-refractivity contribution in [2.75, 3.05) is 34.7 Å². The van der Waals surface area contributed by atoms with Crippen LogP contribution in [0.3, 0.4) is 0 Å². The second-order valence-corrected chi connectivity index (χ2v) is 10.4. The average Bonchev–Trinajstić information content (AvgIpc) is 2.85. The molecule has 0 aliphatic heterocycles. The minimum absolute atomic E-state index is 0.167. The lowest BCUT2D eigenvalue weighted by atomic mass is 9.95. The van der Waals surface area contributed by atoms with Crippen LogP contribution in [0, 0.1) is 19.3 Å². The molecule has 0 aromatic heterocycles. The summed E-state index contributed by atoms with van der Waals surface area (Å²) in [7, 11) is 7.40. The van der Waals surface area contributed by atoms with Crippen molar-refractivity contribution in [2.45, 2.75) is 51.7 Å². The smallest absolute Gasteiger partial charge is 0.245 e. The van der Waals surface area contributed by atoms with E-state index < -0.39 is 18.0 Å². The summed E-state index contributed by atoms with van der Waals surface area (Å²) in [5.74, 6) is -0.170. The summed E-state index contributed by atoms with van der Waals surface area (Å²) in [4.78, 5) is 34.9. The van der Waals surface area contributed by atoms with E-state index >= 15 is 0 Å². The lowest BCUT2D eigenvalue weighted by Crippen LogP contribution is -2.52. The molecule has 0 saturated carbocycles. The summed E-state index contributed by atoms with van der Waals surface area (Å²) in [6.07, 6.45) is 0.854. The van der Waals surface area contributed by atoms with Crippen LogP contribution in [0.15, 0.2) is 47.5 Å². The van der Waals surface area contributed by atoms with Gasteiger partial charge in [-0.25, -0.2) is 4.99 Å². The van der Waals surface area contributed by atoms with Crippen molar-refractivity contribution in [3.63, 3.8) is 0 Å². The molecule has 7 N–H and O–H groups in total. The molecule has 0 unspecified atom stereocenters. The quantitative estimate of drug-likeness (QED) is 0.180. The van der Waals surface area contributed by atoms with E-state index in [4.69, 9.17) is 16.1 Å². The maximum Gasteiger partial charge on any atom is 0.245 e. The van der Waals surface area contributed by atoms with Gasteiger partial charge in [-0.15, -0.1) is 0 Å². The zero-order valence-electron chi connectivity index (χ0n) is 24.6. The van der Waals surface area contributed by atoms with Gasteiger partial charge in [0.2, 0.25) is 11.8 Å². The van der Waals surface area contributed by atoms with Gasteiger partial charge < -0.3 is 36.6 Å². The number of nitrogens with zero attached hydrogens (tertiary/aromatic N) is 3. The van der Waals surface area contributed by atoms with Crippen molar-refractivity contribution >= 4 is 23.7 Å². The molecule has 0 fully saturated rings. The van der Waals surface area contributed by atoms with Crippen molar-refractivity contribution in [3.05, 3.63) is 64.7 Å². The van der Waals surface area contributed by atoms with Gasteiger partial charge in [-0.05, 0) is 61.6 Å². The van der Waals surface area contributed by atoms with Gasteiger partial charge in [0.1, 0.15) is 17.8 Å². The van der Waals surface area contributed by atoms with Gasteiger partial charge in [-0.1, -0.05) is 30.3 Å². The highest BCUT2D eigenvalue weighted by Crippen LogP contribution is 2.23. The summed E-state index contributed by atoms with van der Waals surface area (Å²) in [6.45, 7) is 5.61. The molecule has 0 bridgehead atoms. The van der Waals surface area contributed by atoms with Gasteiger partial charge in [0.05, 0.1) is 6.04 Å². The number of phenols is 1. The van der Waals surface area contributed by atoms with Gasteiger partial charge in [0.25, 0.3) is 0 Å². The Labute approximate surface area is 237 Å². The number of aryl methyl sites for hydroxylation is 2. The van der Waals surface area contributed by atoms with Crippen LogP contribution in [-0.2, 0) is 22.4 Å². The Kier molecular flexibility index (Phi) is 11.8. The largest absolute Gasteiger partial charge is 0.508 e. The molecule has 0 saturated heterocycles. The maximum absolute atomic E-state index is 13.5. The number of aliphatic imine (C=N–C) groups is 1. The van der Waals surface area contributed by atoms with E-state index in [9.17, 15) is 14.7 Å². The number of aromatic hydroxyl groups is 1. The number of nitrogens with two attached hydrogens (primary N) is 1. The third kappa shape index (κ3) is 9.79. The molecule has 0 spiro atoms. The normalized spacial score (nSPS) is 12.9. The minimum atomic E-state index is -0.830. The van der Waals surface area contributed by atoms with Crippen LogP contribution in [-0.4, -0.2) is 91.5 Å². The van der Waals surface area contributed by atoms with Crippen LogP contribution in [0.25, 0.3) is 0 Å². The monoisotopic (exact) mass is 552 g/mol.